The molecule has 1 heterocycles. The Morgan fingerprint density at radius 1 is 0.806 bits per heavy atom. The number of rotatable bonds is 4. The van der Waals surface area contributed by atoms with Crippen molar-refractivity contribution in [2.45, 2.75) is 34.6 Å². The normalized spacial score (nSPS) is 10.9. The summed E-state index contributed by atoms with van der Waals surface area (Å²) in [6.45, 7) is 10.1. The van der Waals surface area contributed by atoms with Crippen LogP contribution in [0.5, 0.6) is 0 Å². The lowest BCUT2D eigenvalue weighted by atomic mass is 10.1. The first kappa shape index (κ1) is 20.5. The second-order valence-corrected chi connectivity index (χ2v) is 8.10. The number of carbonyl (C=O) groups excluding carboxylic acids is 1. The minimum Gasteiger partial charge on any atom is -0.319 e. The Morgan fingerprint density at radius 3 is 2.16 bits per heavy atom. The Morgan fingerprint density at radius 2 is 1.48 bits per heavy atom. The van der Waals surface area contributed by atoms with E-state index in [0.717, 1.165) is 39.2 Å². The highest BCUT2D eigenvalue weighted by Gasteiger charge is 2.20. The zero-order chi connectivity index (χ0) is 22.1. The van der Waals surface area contributed by atoms with Crippen molar-refractivity contribution >= 4 is 11.6 Å². The number of anilines is 1. The molecule has 5 heteroatoms. The molecule has 0 aliphatic carbocycles. The number of nitrogens with zero attached hydrogens (tertiary/aromatic N) is 3. The van der Waals surface area contributed by atoms with E-state index in [1.54, 1.807) is 4.68 Å². The van der Waals surface area contributed by atoms with Gasteiger partial charge >= 0.3 is 0 Å². The fraction of sp³-hybridized carbons (Fsp3) is 0.192. The third-order valence-corrected chi connectivity index (χ3v) is 5.30. The average molecular weight is 411 g/mol. The van der Waals surface area contributed by atoms with E-state index < -0.39 is 0 Å². The number of aromatic nitrogens is 3. The maximum atomic E-state index is 13.0. The van der Waals surface area contributed by atoms with Crippen LogP contribution in [0, 0.1) is 34.6 Å². The van der Waals surface area contributed by atoms with Crippen LogP contribution in [0.3, 0.4) is 0 Å². The number of benzene rings is 3. The predicted octanol–water partition coefficient (Wildman–Crippen LogP) is 5.73. The predicted molar refractivity (Wildman–Crippen MR) is 125 cm³/mol. The van der Waals surface area contributed by atoms with Crippen LogP contribution in [0.25, 0.3) is 17.1 Å². The van der Waals surface area contributed by atoms with Gasteiger partial charge in [-0.3, -0.25) is 4.79 Å². The SMILES string of the molecule is Cc1cccc(-c2nc(C(=O)Nc3ccc(C)cc3C)nn2-c2ccc(C)cc2C)c1. The van der Waals surface area contributed by atoms with Gasteiger partial charge in [-0.2, -0.15) is 0 Å². The lowest BCUT2D eigenvalue weighted by molar-refractivity contribution is 0.101. The molecule has 156 valence electrons. The lowest BCUT2D eigenvalue weighted by Crippen LogP contribution is -2.15. The van der Waals surface area contributed by atoms with Crippen molar-refractivity contribution in [2.75, 3.05) is 5.32 Å². The van der Waals surface area contributed by atoms with E-state index in [4.69, 9.17) is 0 Å². The fourth-order valence-electron chi connectivity index (χ4n) is 3.72. The van der Waals surface area contributed by atoms with E-state index in [2.05, 4.69) is 34.5 Å². The van der Waals surface area contributed by atoms with E-state index in [-0.39, 0.29) is 11.7 Å². The van der Waals surface area contributed by atoms with Crippen molar-refractivity contribution in [2.24, 2.45) is 0 Å². The van der Waals surface area contributed by atoms with Crippen LogP contribution >= 0.6 is 0 Å². The number of amides is 1. The van der Waals surface area contributed by atoms with E-state index >= 15 is 0 Å². The van der Waals surface area contributed by atoms with Crippen LogP contribution in [0.1, 0.15) is 38.4 Å². The molecule has 5 nitrogen and oxygen atoms in total. The van der Waals surface area contributed by atoms with Gasteiger partial charge in [0.1, 0.15) is 0 Å². The number of carbonyl (C=O) groups is 1. The molecule has 0 spiro atoms. The highest BCUT2D eigenvalue weighted by Crippen LogP contribution is 2.25. The molecule has 1 aromatic heterocycles. The summed E-state index contributed by atoms with van der Waals surface area (Å²) in [4.78, 5) is 17.7. The number of nitrogens with one attached hydrogen (secondary N) is 1. The van der Waals surface area contributed by atoms with Gasteiger partial charge in [-0.15, -0.1) is 5.10 Å². The summed E-state index contributed by atoms with van der Waals surface area (Å²) in [6.07, 6.45) is 0. The van der Waals surface area contributed by atoms with Crippen LogP contribution in [0.15, 0.2) is 60.7 Å². The molecule has 0 unspecified atom stereocenters. The Bertz CT molecular complexity index is 1290. The minimum absolute atomic E-state index is 0.136. The number of aryl methyl sites for hydroxylation is 5. The van der Waals surface area contributed by atoms with Gasteiger partial charge in [0.2, 0.25) is 5.82 Å². The van der Waals surface area contributed by atoms with E-state index in [1.807, 2.05) is 76.2 Å². The first-order valence-corrected chi connectivity index (χ1v) is 10.3. The molecule has 0 saturated carbocycles. The third kappa shape index (κ3) is 4.26. The van der Waals surface area contributed by atoms with Crippen molar-refractivity contribution in [1.29, 1.82) is 0 Å². The maximum Gasteiger partial charge on any atom is 0.295 e. The van der Waals surface area contributed by atoms with Gasteiger partial charge in [-0.05, 0) is 63.9 Å². The molecule has 0 aliphatic heterocycles. The summed E-state index contributed by atoms with van der Waals surface area (Å²) in [5, 5.41) is 7.57. The molecular formula is C26H26N4O. The summed E-state index contributed by atoms with van der Waals surface area (Å²) in [6, 6.07) is 20.1. The van der Waals surface area contributed by atoms with Crippen LogP contribution in [-0.2, 0) is 0 Å². The molecule has 4 rings (SSSR count). The molecule has 0 bridgehead atoms. The third-order valence-electron chi connectivity index (χ3n) is 5.30. The van der Waals surface area contributed by atoms with Crippen LogP contribution < -0.4 is 5.32 Å². The number of hydrogen-bond donors (Lipinski definition) is 1. The van der Waals surface area contributed by atoms with E-state index in [0.29, 0.717) is 5.82 Å². The summed E-state index contributed by atoms with van der Waals surface area (Å²) in [7, 11) is 0. The smallest absolute Gasteiger partial charge is 0.295 e. The van der Waals surface area contributed by atoms with Crippen molar-refractivity contribution in [3.05, 3.63) is 94.3 Å². The minimum atomic E-state index is -0.329. The summed E-state index contributed by atoms with van der Waals surface area (Å²) in [5.74, 6) is 0.447. The van der Waals surface area contributed by atoms with Gasteiger partial charge in [0.25, 0.3) is 5.91 Å². The van der Waals surface area contributed by atoms with Crippen molar-refractivity contribution in [3.63, 3.8) is 0 Å². The Hall–Kier alpha value is -3.73. The van der Waals surface area contributed by atoms with Gasteiger partial charge in [0, 0.05) is 11.3 Å². The molecule has 0 fully saturated rings. The van der Waals surface area contributed by atoms with Crippen molar-refractivity contribution in [1.82, 2.24) is 14.8 Å². The Kier molecular flexibility index (Phi) is 5.42. The second kappa shape index (κ2) is 8.19. The summed E-state index contributed by atoms with van der Waals surface area (Å²) in [5.41, 5.74) is 8.09. The first-order valence-electron chi connectivity index (χ1n) is 10.3. The largest absolute Gasteiger partial charge is 0.319 e. The highest BCUT2D eigenvalue weighted by molar-refractivity contribution is 6.02. The maximum absolute atomic E-state index is 13.0. The van der Waals surface area contributed by atoms with E-state index in [9.17, 15) is 4.79 Å². The molecule has 1 amide bonds. The quantitative estimate of drug-likeness (QED) is 0.467. The van der Waals surface area contributed by atoms with E-state index in [1.165, 1.54) is 5.56 Å². The molecule has 0 atom stereocenters. The summed E-state index contributed by atoms with van der Waals surface area (Å²) < 4.78 is 1.76. The highest BCUT2D eigenvalue weighted by atomic mass is 16.2. The average Bonchev–Trinajstić information content (AvgIpc) is 3.15. The monoisotopic (exact) mass is 410 g/mol. The molecule has 0 aliphatic rings. The Balaban J connectivity index is 1.80. The van der Waals surface area contributed by atoms with Gasteiger partial charge in [0.05, 0.1) is 5.69 Å². The Labute approximate surface area is 182 Å². The second-order valence-electron chi connectivity index (χ2n) is 8.10. The molecule has 0 saturated heterocycles. The molecule has 0 radical (unpaired) electrons. The molecule has 31 heavy (non-hydrogen) atoms. The fourth-order valence-corrected chi connectivity index (χ4v) is 3.72. The number of hydrogen-bond acceptors (Lipinski definition) is 3. The van der Waals surface area contributed by atoms with Gasteiger partial charge in [-0.1, -0.05) is 59.2 Å². The molecular weight excluding hydrogens is 384 g/mol. The van der Waals surface area contributed by atoms with Gasteiger partial charge in [-0.25, -0.2) is 9.67 Å². The standard InChI is InChI=1S/C26H26N4O/c1-16-7-6-8-21(15-16)25-28-24(26(31)27-22-11-9-17(2)13-19(22)4)29-30(25)23-12-10-18(3)14-20(23)5/h6-15H,1-5H3,(H,27,31). The van der Waals surface area contributed by atoms with Crippen LogP contribution in [0.2, 0.25) is 0 Å². The molecule has 3 aromatic carbocycles. The first-order chi connectivity index (χ1) is 14.8. The van der Waals surface area contributed by atoms with Crippen LogP contribution in [0.4, 0.5) is 5.69 Å². The van der Waals surface area contributed by atoms with Gasteiger partial charge < -0.3 is 5.32 Å². The van der Waals surface area contributed by atoms with Crippen molar-refractivity contribution in [3.8, 4) is 17.1 Å². The zero-order valence-electron chi connectivity index (χ0n) is 18.5. The zero-order valence-corrected chi connectivity index (χ0v) is 18.5. The summed E-state index contributed by atoms with van der Waals surface area (Å²) >= 11 is 0. The topological polar surface area (TPSA) is 59.8 Å². The molecule has 4 aromatic rings. The molecule has 1 N–H and O–H groups in total. The van der Waals surface area contributed by atoms with Crippen molar-refractivity contribution < 1.29 is 4.79 Å². The lowest BCUT2D eigenvalue weighted by Gasteiger charge is -2.10. The van der Waals surface area contributed by atoms with Gasteiger partial charge in [0.15, 0.2) is 5.82 Å². The van der Waals surface area contributed by atoms with Crippen LogP contribution in [-0.4, -0.2) is 20.7 Å².